The summed E-state index contributed by atoms with van der Waals surface area (Å²) in [7, 11) is 0. The summed E-state index contributed by atoms with van der Waals surface area (Å²) < 4.78 is 12.2. The lowest BCUT2D eigenvalue weighted by Gasteiger charge is -2.11. The Morgan fingerprint density at radius 3 is 2.88 bits per heavy atom. The number of piperidine rings is 1. The van der Waals surface area contributed by atoms with Gasteiger partial charge in [-0.2, -0.15) is 0 Å². The average Bonchev–Trinajstić information content (AvgIpc) is 1.64. The molecule has 0 aromatic heterocycles. The summed E-state index contributed by atoms with van der Waals surface area (Å²) >= 11 is 0. The van der Waals surface area contributed by atoms with Crippen LogP contribution in [0.1, 0.15) is 12.8 Å². The van der Waals surface area contributed by atoms with E-state index in [4.69, 9.17) is 0 Å². The third kappa shape index (κ3) is 1.18. The van der Waals surface area contributed by atoms with Crippen molar-refractivity contribution in [3.05, 3.63) is 0 Å². The molecule has 1 rings (SSSR count). The van der Waals surface area contributed by atoms with Crippen molar-refractivity contribution in [2.24, 2.45) is 0 Å². The lowest BCUT2D eigenvalue weighted by atomic mass is 10.1. The van der Waals surface area contributed by atoms with Crippen LogP contribution in [0.4, 0.5) is 4.39 Å². The molecule has 1 fully saturated rings. The zero-order valence-corrected chi connectivity index (χ0v) is 4.43. The zero-order chi connectivity index (χ0) is 5.98. The van der Waals surface area contributed by atoms with Crippen LogP contribution < -0.4 is 5.32 Å². The van der Waals surface area contributed by atoms with Crippen molar-refractivity contribution in [1.82, 2.24) is 5.32 Å². The summed E-state index contributed by atoms with van der Waals surface area (Å²) in [6, 6.07) is 0. The Balaban J connectivity index is 2.34. The highest BCUT2D eigenvalue weighted by molar-refractivity contribution is 5.76. The third-order valence-electron chi connectivity index (χ3n) is 1.13. The van der Waals surface area contributed by atoms with Crippen molar-refractivity contribution < 1.29 is 9.18 Å². The summed E-state index contributed by atoms with van der Waals surface area (Å²) in [4.78, 5) is 10.3. The molecule has 1 radical (unpaired) electrons. The molecule has 1 saturated heterocycles. The van der Waals surface area contributed by atoms with Crippen molar-refractivity contribution in [1.29, 1.82) is 0 Å². The van der Waals surface area contributed by atoms with E-state index in [1.54, 1.807) is 0 Å². The first-order valence-electron chi connectivity index (χ1n) is 2.63. The highest BCUT2D eigenvalue weighted by Gasteiger charge is 2.18. The number of hydrogen-bond acceptors (Lipinski definition) is 1. The van der Waals surface area contributed by atoms with Gasteiger partial charge in [0.05, 0.1) is 6.42 Å². The van der Waals surface area contributed by atoms with Gasteiger partial charge in [-0.3, -0.25) is 10.1 Å². The van der Waals surface area contributed by atoms with E-state index in [1.807, 2.05) is 0 Å². The molecule has 0 N–H and O–H groups in total. The van der Waals surface area contributed by atoms with Gasteiger partial charge in [0.2, 0.25) is 5.91 Å². The normalized spacial score (nSPS) is 29.6. The van der Waals surface area contributed by atoms with E-state index in [9.17, 15) is 9.18 Å². The number of carbonyl (C=O) groups excluding carboxylic acids is 1. The van der Waals surface area contributed by atoms with E-state index in [1.165, 1.54) is 0 Å². The second-order valence-corrected chi connectivity index (χ2v) is 1.87. The van der Waals surface area contributed by atoms with Crippen LogP contribution in [-0.2, 0) is 4.79 Å². The van der Waals surface area contributed by atoms with Crippen molar-refractivity contribution in [3.63, 3.8) is 0 Å². The first kappa shape index (κ1) is 5.54. The molecule has 2 nitrogen and oxygen atoms in total. The number of nitrogens with zero attached hydrogens (tertiary/aromatic N) is 1. The first-order valence-corrected chi connectivity index (χ1v) is 2.63. The van der Waals surface area contributed by atoms with Crippen LogP contribution >= 0.6 is 0 Å². The molecule has 8 heavy (non-hydrogen) atoms. The molecule has 0 saturated carbocycles. The quantitative estimate of drug-likeness (QED) is 0.446. The molecule has 0 spiro atoms. The first-order chi connectivity index (χ1) is 3.79. The summed E-state index contributed by atoms with van der Waals surface area (Å²) in [6.45, 7) is 0.375. The average molecular weight is 116 g/mol. The van der Waals surface area contributed by atoms with Gasteiger partial charge in [0.15, 0.2) is 0 Å². The minimum absolute atomic E-state index is 0.000000000000000222. The second kappa shape index (κ2) is 2.11. The molecule has 1 unspecified atom stereocenters. The SMILES string of the molecule is O=C1CC(F)CC[N]1. The van der Waals surface area contributed by atoms with Gasteiger partial charge < -0.3 is 0 Å². The fourth-order valence-electron chi connectivity index (χ4n) is 0.685. The lowest BCUT2D eigenvalue weighted by molar-refractivity contribution is -0.124. The van der Waals surface area contributed by atoms with Crippen molar-refractivity contribution in [3.8, 4) is 0 Å². The molecule has 1 aliphatic rings. The van der Waals surface area contributed by atoms with Gasteiger partial charge in [0.25, 0.3) is 0 Å². The van der Waals surface area contributed by atoms with Gasteiger partial charge >= 0.3 is 0 Å². The monoisotopic (exact) mass is 116 g/mol. The Morgan fingerprint density at radius 2 is 2.50 bits per heavy atom. The Bertz CT molecular complexity index is 105. The van der Waals surface area contributed by atoms with Crippen LogP contribution in [0.3, 0.4) is 0 Å². The summed E-state index contributed by atoms with van der Waals surface area (Å²) in [5.74, 6) is -0.288. The van der Waals surface area contributed by atoms with Gasteiger partial charge in [-0.25, -0.2) is 4.39 Å². The second-order valence-electron chi connectivity index (χ2n) is 1.87. The maximum atomic E-state index is 12.2. The Hall–Kier alpha value is -0.600. The molecule has 45 valence electrons. The standard InChI is InChI=1S/C5H7FNO/c6-4-1-2-7-5(8)3-4/h4H,1-3H2. The number of halogens is 1. The van der Waals surface area contributed by atoms with Gasteiger partial charge in [-0.05, 0) is 6.42 Å². The number of hydrogen-bond donors (Lipinski definition) is 0. The van der Waals surface area contributed by atoms with Crippen LogP contribution in [0, 0.1) is 0 Å². The van der Waals surface area contributed by atoms with Crippen LogP contribution in [0.25, 0.3) is 0 Å². The fourth-order valence-corrected chi connectivity index (χ4v) is 0.685. The Kier molecular flexibility index (Phi) is 1.46. The van der Waals surface area contributed by atoms with E-state index < -0.39 is 6.17 Å². The van der Waals surface area contributed by atoms with Gasteiger partial charge in [-0.1, -0.05) is 0 Å². The highest BCUT2D eigenvalue weighted by Crippen LogP contribution is 2.07. The molecule has 3 heteroatoms. The molecule has 0 aromatic rings. The Morgan fingerprint density at radius 1 is 1.75 bits per heavy atom. The molecule has 1 aliphatic heterocycles. The Labute approximate surface area is 47.1 Å². The van der Waals surface area contributed by atoms with Crippen LogP contribution in [-0.4, -0.2) is 18.6 Å². The summed E-state index contributed by atoms with van der Waals surface area (Å²) in [5, 5.41) is 3.50. The van der Waals surface area contributed by atoms with Crippen molar-refractivity contribution in [2.75, 3.05) is 6.54 Å². The molecule has 0 aliphatic carbocycles. The molecule has 0 bridgehead atoms. The minimum Gasteiger partial charge on any atom is -0.273 e. The molecule has 1 atom stereocenters. The summed E-state index contributed by atoms with van der Waals surface area (Å²) in [5.41, 5.74) is 0. The van der Waals surface area contributed by atoms with E-state index in [0.717, 1.165) is 0 Å². The lowest BCUT2D eigenvalue weighted by Crippen LogP contribution is -2.28. The van der Waals surface area contributed by atoms with Crippen molar-refractivity contribution >= 4 is 5.91 Å². The number of amides is 1. The topological polar surface area (TPSA) is 31.2 Å². The fraction of sp³-hybridized carbons (Fsp3) is 0.800. The molecular weight excluding hydrogens is 109 g/mol. The summed E-state index contributed by atoms with van der Waals surface area (Å²) in [6.07, 6.45) is -0.508. The van der Waals surface area contributed by atoms with Crippen LogP contribution in [0.5, 0.6) is 0 Å². The maximum absolute atomic E-state index is 12.2. The van der Waals surface area contributed by atoms with E-state index in [0.29, 0.717) is 13.0 Å². The largest absolute Gasteiger partial charge is 0.273 e. The predicted molar refractivity (Wildman–Crippen MR) is 26.1 cm³/mol. The zero-order valence-electron chi connectivity index (χ0n) is 4.43. The van der Waals surface area contributed by atoms with E-state index >= 15 is 0 Å². The van der Waals surface area contributed by atoms with Gasteiger partial charge in [0, 0.05) is 6.54 Å². The number of alkyl halides is 1. The third-order valence-corrected chi connectivity index (χ3v) is 1.13. The molecule has 1 amide bonds. The molecule has 1 heterocycles. The van der Waals surface area contributed by atoms with Crippen molar-refractivity contribution in [2.45, 2.75) is 19.0 Å². The van der Waals surface area contributed by atoms with Crippen LogP contribution in [0.15, 0.2) is 0 Å². The van der Waals surface area contributed by atoms with Gasteiger partial charge in [-0.15, -0.1) is 0 Å². The molecular formula is C5H7FNO. The maximum Gasteiger partial charge on any atom is 0.244 e. The minimum atomic E-state index is -0.931. The van der Waals surface area contributed by atoms with E-state index in [-0.39, 0.29) is 12.3 Å². The molecule has 0 aromatic carbocycles. The number of carbonyl (C=O) groups is 1. The van der Waals surface area contributed by atoms with Crippen LogP contribution in [0.2, 0.25) is 0 Å². The number of rotatable bonds is 0. The van der Waals surface area contributed by atoms with E-state index in [2.05, 4.69) is 5.32 Å². The van der Waals surface area contributed by atoms with Gasteiger partial charge in [0.1, 0.15) is 6.17 Å². The predicted octanol–water partition coefficient (Wildman–Crippen LogP) is 0.249. The smallest absolute Gasteiger partial charge is 0.244 e. The highest BCUT2D eigenvalue weighted by atomic mass is 19.1.